The molecule has 2 rings (SSSR count). The Morgan fingerprint density at radius 3 is 2.58 bits per heavy atom. The van der Waals surface area contributed by atoms with E-state index in [2.05, 4.69) is 31.2 Å². The molecule has 1 aromatic rings. The molecule has 0 saturated heterocycles. The first kappa shape index (κ1) is 14.4. The Bertz CT molecular complexity index is 360. The summed E-state index contributed by atoms with van der Waals surface area (Å²) in [6, 6.07) is 8.77. The molecule has 19 heavy (non-hydrogen) atoms. The van der Waals surface area contributed by atoms with Crippen molar-refractivity contribution < 1.29 is 4.74 Å². The molecule has 0 spiro atoms. The molecule has 106 valence electrons. The summed E-state index contributed by atoms with van der Waals surface area (Å²) in [5.41, 5.74) is 7.60. The highest BCUT2D eigenvalue weighted by atomic mass is 16.5. The monoisotopic (exact) mass is 261 g/mol. The van der Waals surface area contributed by atoms with Crippen LogP contribution in [0.25, 0.3) is 0 Å². The first-order chi connectivity index (χ1) is 9.29. The van der Waals surface area contributed by atoms with Crippen molar-refractivity contribution in [2.45, 2.75) is 70.4 Å². The summed E-state index contributed by atoms with van der Waals surface area (Å²) in [7, 11) is 0. The minimum absolute atomic E-state index is 0.197. The lowest BCUT2D eigenvalue weighted by atomic mass is 10.1. The van der Waals surface area contributed by atoms with Crippen molar-refractivity contribution in [2.24, 2.45) is 5.73 Å². The number of hydrogen-bond acceptors (Lipinski definition) is 2. The Balaban J connectivity index is 1.90. The third kappa shape index (κ3) is 4.54. The molecule has 1 aliphatic carbocycles. The van der Waals surface area contributed by atoms with E-state index in [9.17, 15) is 0 Å². The second kappa shape index (κ2) is 7.54. The number of aryl methyl sites for hydroxylation is 1. The van der Waals surface area contributed by atoms with Gasteiger partial charge in [-0.2, -0.15) is 0 Å². The van der Waals surface area contributed by atoms with Crippen molar-refractivity contribution in [1.82, 2.24) is 0 Å². The third-order valence-electron chi connectivity index (χ3n) is 4.03. The number of rotatable bonds is 5. The van der Waals surface area contributed by atoms with Crippen molar-refractivity contribution >= 4 is 0 Å². The molecule has 1 aliphatic rings. The SMILES string of the molecule is CCCCc1ccc(OC2CCCCCC2N)cc1. The smallest absolute Gasteiger partial charge is 0.119 e. The van der Waals surface area contributed by atoms with Gasteiger partial charge < -0.3 is 10.5 Å². The molecule has 1 aromatic carbocycles. The van der Waals surface area contributed by atoms with Crippen LogP contribution in [-0.4, -0.2) is 12.1 Å². The van der Waals surface area contributed by atoms with Crippen LogP contribution in [0, 0.1) is 0 Å². The molecule has 2 heteroatoms. The zero-order chi connectivity index (χ0) is 13.5. The summed E-state index contributed by atoms with van der Waals surface area (Å²) >= 11 is 0. The fourth-order valence-electron chi connectivity index (χ4n) is 2.74. The van der Waals surface area contributed by atoms with Gasteiger partial charge in [-0.15, -0.1) is 0 Å². The lowest BCUT2D eigenvalue weighted by Crippen LogP contribution is -2.37. The van der Waals surface area contributed by atoms with E-state index >= 15 is 0 Å². The maximum Gasteiger partial charge on any atom is 0.119 e. The lowest BCUT2D eigenvalue weighted by Gasteiger charge is -2.23. The van der Waals surface area contributed by atoms with Crippen LogP contribution in [0.1, 0.15) is 57.4 Å². The van der Waals surface area contributed by atoms with Gasteiger partial charge in [0.15, 0.2) is 0 Å². The van der Waals surface area contributed by atoms with Crippen LogP contribution in [0.15, 0.2) is 24.3 Å². The molecule has 0 amide bonds. The van der Waals surface area contributed by atoms with Crippen LogP contribution in [0.2, 0.25) is 0 Å². The molecule has 0 bridgehead atoms. The maximum absolute atomic E-state index is 6.20. The summed E-state index contributed by atoms with van der Waals surface area (Å²) in [4.78, 5) is 0. The van der Waals surface area contributed by atoms with Crippen molar-refractivity contribution in [1.29, 1.82) is 0 Å². The topological polar surface area (TPSA) is 35.2 Å². The molecule has 1 saturated carbocycles. The normalized spacial score (nSPS) is 23.9. The van der Waals surface area contributed by atoms with E-state index in [1.807, 2.05) is 0 Å². The van der Waals surface area contributed by atoms with Gasteiger partial charge >= 0.3 is 0 Å². The Hall–Kier alpha value is -1.02. The van der Waals surface area contributed by atoms with Crippen molar-refractivity contribution in [3.8, 4) is 5.75 Å². The molecule has 2 unspecified atom stereocenters. The molecular weight excluding hydrogens is 234 g/mol. The van der Waals surface area contributed by atoms with Gasteiger partial charge in [0.2, 0.25) is 0 Å². The van der Waals surface area contributed by atoms with Crippen LogP contribution in [0.5, 0.6) is 5.75 Å². The second-order valence-corrected chi connectivity index (χ2v) is 5.71. The average Bonchev–Trinajstić information content (AvgIpc) is 2.63. The quantitative estimate of drug-likeness (QED) is 0.811. The predicted molar refractivity (Wildman–Crippen MR) is 80.5 cm³/mol. The van der Waals surface area contributed by atoms with Crippen LogP contribution in [-0.2, 0) is 6.42 Å². The van der Waals surface area contributed by atoms with Crippen molar-refractivity contribution in [3.05, 3.63) is 29.8 Å². The van der Waals surface area contributed by atoms with E-state index in [0.29, 0.717) is 0 Å². The van der Waals surface area contributed by atoms with Crippen LogP contribution in [0.3, 0.4) is 0 Å². The molecule has 1 fully saturated rings. The molecule has 2 nitrogen and oxygen atoms in total. The van der Waals surface area contributed by atoms with Gasteiger partial charge in [0.1, 0.15) is 11.9 Å². The second-order valence-electron chi connectivity index (χ2n) is 5.71. The highest BCUT2D eigenvalue weighted by Crippen LogP contribution is 2.23. The largest absolute Gasteiger partial charge is 0.489 e. The summed E-state index contributed by atoms with van der Waals surface area (Å²) in [6.45, 7) is 2.23. The number of ether oxygens (including phenoxy) is 1. The number of nitrogens with two attached hydrogens (primary N) is 1. The van der Waals surface area contributed by atoms with E-state index in [1.165, 1.54) is 44.1 Å². The zero-order valence-corrected chi connectivity index (χ0v) is 12.1. The zero-order valence-electron chi connectivity index (χ0n) is 12.1. The standard InChI is InChI=1S/C17H27NO/c1-2-3-7-14-10-12-15(13-11-14)19-17-9-6-4-5-8-16(17)18/h10-13,16-17H,2-9,18H2,1H3. The Kier molecular flexibility index (Phi) is 5.71. The molecule has 0 heterocycles. The summed E-state index contributed by atoms with van der Waals surface area (Å²) < 4.78 is 6.08. The van der Waals surface area contributed by atoms with Crippen molar-refractivity contribution in [3.63, 3.8) is 0 Å². The molecule has 0 radical (unpaired) electrons. The third-order valence-corrected chi connectivity index (χ3v) is 4.03. The van der Waals surface area contributed by atoms with Gasteiger partial charge in [-0.1, -0.05) is 38.3 Å². The number of benzene rings is 1. The highest BCUT2D eigenvalue weighted by Gasteiger charge is 2.21. The minimum Gasteiger partial charge on any atom is -0.489 e. The first-order valence-corrected chi connectivity index (χ1v) is 7.81. The van der Waals surface area contributed by atoms with E-state index in [0.717, 1.165) is 18.6 Å². The van der Waals surface area contributed by atoms with Crippen molar-refractivity contribution in [2.75, 3.05) is 0 Å². The van der Waals surface area contributed by atoms with Crippen LogP contribution < -0.4 is 10.5 Å². The van der Waals surface area contributed by atoms with E-state index < -0.39 is 0 Å². The number of hydrogen-bond donors (Lipinski definition) is 1. The molecular formula is C17H27NO. The van der Waals surface area contributed by atoms with Gasteiger partial charge in [-0.25, -0.2) is 0 Å². The number of unbranched alkanes of at least 4 members (excludes halogenated alkanes) is 1. The van der Waals surface area contributed by atoms with Gasteiger partial charge in [0, 0.05) is 6.04 Å². The first-order valence-electron chi connectivity index (χ1n) is 7.81. The van der Waals surface area contributed by atoms with E-state index in [-0.39, 0.29) is 12.1 Å². The highest BCUT2D eigenvalue weighted by molar-refractivity contribution is 5.27. The molecule has 2 N–H and O–H groups in total. The molecule has 2 atom stereocenters. The van der Waals surface area contributed by atoms with Crippen LogP contribution >= 0.6 is 0 Å². The average molecular weight is 261 g/mol. The van der Waals surface area contributed by atoms with Gasteiger partial charge in [-0.05, 0) is 49.8 Å². The lowest BCUT2D eigenvalue weighted by molar-refractivity contribution is 0.163. The Labute approximate surface area is 117 Å². The van der Waals surface area contributed by atoms with Crippen LogP contribution in [0.4, 0.5) is 0 Å². The van der Waals surface area contributed by atoms with Gasteiger partial charge in [0.25, 0.3) is 0 Å². The van der Waals surface area contributed by atoms with Gasteiger partial charge in [0.05, 0.1) is 0 Å². The summed E-state index contributed by atoms with van der Waals surface area (Å²) in [6.07, 6.45) is 9.85. The summed E-state index contributed by atoms with van der Waals surface area (Å²) in [5.74, 6) is 0.975. The Morgan fingerprint density at radius 1 is 1.11 bits per heavy atom. The molecule has 0 aliphatic heterocycles. The van der Waals surface area contributed by atoms with Gasteiger partial charge in [-0.3, -0.25) is 0 Å². The fraction of sp³-hybridized carbons (Fsp3) is 0.647. The minimum atomic E-state index is 0.197. The predicted octanol–water partition coefficient (Wildman–Crippen LogP) is 4.07. The fourth-order valence-corrected chi connectivity index (χ4v) is 2.74. The Morgan fingerprint density at radius 2 is 1.84 bits per heavy atom. The summed E-state index contributed by atoms with van der Waals surface area (Å²) in [5, 5.41) is 0. The van der Waals surface area contributed by atoms with E-state index in [1.54, 1.807) is 0 Å². The molecule has 0 aromatic heterocycles. The van der Waals surface area contributed by atoms with E-state index in [4.69, 9.17) is 10.5 Å². The maximum atomic E-state index is 6.20.